The lowest BCUT2D eigenvalue weighted by molar-refractivity contribution is -0.303. The second-order valence-corrected chi connectivity index (χ2v) is 10.6. The second kappa shape index (κ2) is 11.3. The number of aromatic hydroxyl groups is 1. The SMILES string of the molecule is C=C(/C=C\C=C\Oc1cccc(/C=C2\Oc3ccc(O)c(OC)c3-c3ccc4c(c32)C(C)=CC(C)(C)N4)c1)OC(F)(F)F. The van der Waals surface area contributed by atoms with Crippen LogP contribution >= 0.6 is 0 Å². The van der Waals surface area contributed by atoms with Crippen LogP contribution in [0.3, 0.4) is 0 Å². The van der Waals surface area contributed by atoms with E-state index in [0.717, 1.165) is 39.6 Å². The van der Waals surface area contributed by atoms with Gasteiger partial charge in [0.2, 0.25) is 0 Å². The summed E-state index contributed by atoms with van der Waals surface area (Å²) in [6, 6.07) is 14.6. The highest BCUT2D eigenvalue weighted by Crippen LogP contribution is 2.54. The highest BCUT2D eigenvalue weighted by Gasteiger charge is 2.33. The molecule has 3 aromatic rings. The minimum absolute atomic E-state index is 0.0115. The molecular formula is C34H30F3NO5. The van der Waals surface area contributed by atoms with E-state index in [1.165, 1.54) is 31.6 Å². The van der Waals surface area contributed by atoms with Gasteiger partial charge in [0.15, 0.2) is 11.5 Å². The first-order chi connectivity index (χ1) is 20.3. The topological polar surface area (TPSA) is 69.2 Å². The Kier molecular flexibility index (Phi) is 7.75. The summed E-state index contributed by atoms with van der Waals surface area (Å²) in [6.45, 7) is 9.46. The van der Waals surface area contributed by atoms with Crippen molar-refractivity contribution in [3.05, 3.63) is 108 Å². The van der Waals surface area contributed by atoms with Crippen LogP contribution in [0, 0.1) is 0 Å². The Morgan fingerprint density at radius 3 is 2.58 bits per heavy atom. The van der Waals surface area contributed by atoms with Crippen molar-refractivity contribution in [3.8, 4) is 34.1 Å². The third-order valence-corrected chi connectivity index (χ3v) is 6.75. The van der Waals surface area contributed by atoms with Gasteiger partial charge in [-0.05, 0) is 80.5 Å². The molecule has 0 spiro atoms. The van der Waals surface area contributed by atoms with Crippen LogP contribution in [-0.2, 0) is 4.74 Å². The van der Waals surface area contributed by atoms with Gasteiger partial charge in [-0.2, -0.15) is 0 Å². The normalized spacial score (nSPS) is 16.1. The standard InChI is InChI=1S/C34H30F3NO5/c1-20-19-33(3,4)38-25-13-12-24-30(29(20)25)28(42-27-15-14-26(39)32(40-5)31(24)27)18-22-10-8-11-23(17-22)41-16-7-6-9-21(2)43-34(35,36)37/h6-19,38-39H,2H2,1,3-5H3/b9-6-,16-7+,28-18-. The first kappa shape index (κ1) is 29.4. The van der Waals surface area contributed by atoms with E-state index in [4.69, 9.17) is 14.2 Å². The summed E-state index contributed by atoms with van der Waals surface area (Å²) in [5.74, 6) is 1.43. The molecule has 6 nitrogen and oxygen atoms in total. The van der Waals surface area contributed by atoms with Gasteiger partial charge in [0.1, 0.15) is 23.0 Å². The summed E-state index contributed by atoms with van der Waals surface area (Å²) < 4.78 is 58.2. The average Bonchev–Trinajstić information content (AvgIpc) is 2.91. The van der Waals surface area contributed by atoms with E-state index in [0.29, 0.717) is 28.6 Å². The lowest BCUT2D eigenvalue weighted by atomic mass is 9.83. The van der Waals surface area contributed by atoms with Gasteiger partial charge in [-0.15, -0.1) is 13.2 Å². The Hall–Kier alpha value is -5.05. The number of anilines is 1. The molecule has 0 fully saturated rings. The number of phenolic OH excluding ortho intramolecular Hbond substituents is 1. The third-order valence-electron chi connectivity index (χ3n) is 6.75. The number of hydrogen-bond acceptors (Lipinski definition) is 6. The number of hydrogen-bond donors (Lipinski definition) is 2. The summed E-state index contributed by atoms with van der Waals surface area (Å²) >= 11 is 0. The predicted molar refractivity (Wildman–Crippen MR) is 162 cm³/mol. The van der Waals surface area contributed by atoms with Crippen LogP contribution in [0.1, 0.15) is 37.5 Å². The summed E-state index contributed by atoms with van der Waals surface area (Å²) in [4.78, 5) is 0. The maximum Gasteiger partial charge on any atom is 0.573 e. The number of nitrogens with one attached hydrogen (secondary N) is 1. The minimum atomic E-state index is -4.80. The smallest absolute Gasteiger partial charge is 0.504 e. The van der Waals surface area contributed by atoms with E-state index in [1.54, 1.807) is 12.1 Å². The van der Waals surface area contributed by atoms with Crippen molar-refractivity contribution in [1.82, 2.24) is 0 Å². The van der Waals surface area contributed by atoms with Gasteiger partial charge >= 0.3 is 6.36 Å². The van der Waals surface area contributed by atoms with Crippen LogP contribution < -0.4 is 19.5 Å². The molecule has 43 heavy (non-hydrogen) atoms. The summed E-state index contributed by atoms with van der Waals surface area (Å²) in [5, 5.41) is 14.1. The predicted octanol–water partition coefficient (Wildman–Crippen LogP) is 9.06. The number of fused-ring (bicyclic) bond motifs is 5. The van der Waals surface area contributed by atoms with Gasteiger partial charge in [0.25, 0.3) is 0 Å². The van der Waals surface area contributed by atoms with Crippen LogP contribution in [0.4, 0.5) is 18.9 Å². The number of rotatable bonds is 7. The Labute approximate surface area is 247 Å². The van der Waals surface area contributed by atoms with Crippen molar-refractivity contribution in [2.24, 2.45) is 0 Å². The van der Waals surface area contributed by atoms with Crippen LogP contribution in [0.5, 0.6) is 23.0 Å². The number of methoxy groups -OCH3 is 1. The first-order valence-electron chi connectivity index (χ1n) is 13.3. The maximum absolute atomic E-state index is 12.3. The quantitative estimate of drug-likeness (QED) is 0.212. The van der Waals surface area contributed by atoms with E-state index >= 15 is 0 Å². The van der Waals surface area contributed by atoms with Crippen LogP contribution in [0.25, 0.3) is 28.5 Å². The van der Waals surface area contributed by atoms with Crippen molar-refractivity contribution in [3.63, 3.8) is 0 Å². The third kappa shape index (κ3) is 6.40. The van der Waals surface area contributed by atoms with E-state index in [9.17, 15) is 18.3 Å². The van der Waals surface area contributed by atoms with Gasteiger partial charge in [-0.25, -0.2) is 0 Å². The monoisotopic (exact) mass is 589 g/mol. The molecule has 0 amide bonds. The van der Waals surface area contributed by atoms with E-state index < -0.39 is 12.1 Å². The molecule has 2 aliphatic rings. The molecule has 3 aromatic carbocycles. The lowest BCUT2D eigenvalue weighted by Gasteiger charge is -2.35. The molecule has 5 rings (SSSR count). The average molecular weight is 590 g/mol. The zero-order chi connectivity index (χ0) is 30.9. The largest absolute Gasteiger partial charge is 0.573 e. The molecular weight excluding hydrogens is 559 g/mol. The van der Waals surface area contributed by atoms with Crippen molar-refractivity contribution < 1.29 is 37.2 Å². The van der Waals surface area contributed by atoms with Gasteiger partial charge in [-0.3, -0.25) is 0 Å². The number of benzene rings is 3. The van der Waals surface area contributed by atoms with Crippen molar-refractivity contribution in [2.45, 2.75) is 32.7 Å². The Morgan fingerprint density at radius 1 is 1.05 bits per heavy atom. The van der Waals surface area contributed by atoms with Gasteiger partial charge in [0, 0.05) is 22.4 Å². The van der Waals surface area contributed by atoms with Crippen LogP contribution in [0.2, 0.25) is 0 Å². The minimum Gasteiger partial charge on any atom is -0.504 e. The molecule has 0 radical (unpaired) electrons. The van der Waals surface area contributed by atoms with Crippen molar-refractivity contribution >= 4 is 23.1 Å². The highest BCUT2D eigenvalue weighted by atomic mass is 19.4. The fraction of sp³-hybridized carbons (Fsp3) is 0.176. The molecule has 0 atom stereocenters. The zero-order valence-corrected chi connectivity index (χ0v) is 24.0. The maximum atomic E-state index is 12.3. The van der Waals surface area contributed by atoms with Gasteiger partial charge in [-0.1, -0.05) is 36.9 Å². The number of alkyl halides is 3. The molecule has 0 bridgehead atoms. The molecule has 0 unspecified atom stereocenters. The number of halogens is 3. The number of phenols is 1. The number of ether oxygens (including phenoxy) is 4. The molecule has 0 saturated carbocycles. The van der Waals surface area contributed by atoms with Gasteiger partial charge < -0.3 is 29.4 Å². The molecule has 9 heteroatoms. The summed E-state index contributed by atoms with van der Waals surface area (Å²) in [5.41, 5.74) is 5.92. The summed E-state index contributed by atoms with van der Waals surface area (Å²) in [7, 11) is 1.51. The van der Waals surface area contributed by atoms with Crippen LogP contribution in [-0.4, -0.2) is 24.1 Å². The molecule has 0 aromatic heterocycles. The molecule has 0 saturated heterocycles. The van der Waals surface area contributed by atoms with Crippen LogP contribution in [0.15, 0.2) is 91.4 Å². The van der Waals surface area contributed by atoms with E-state index in [-0.39, 0.29) is 11.3 Å². The second-order valence-electron chi connectivity index (χ2n) is 10.6. The first-order valence-corrected chi connectivity index (χ1v) is 13.3. The Morgan fingerprint density at radius 2 is 1.84 bits per heavy atom. The molecule has 0 aliphatic carbocycles. The Bertz CT molecular complexity index is 1710. The van der Waals surface area contributed by atoms with E-state index in [1.807, 2.05) is 36.4 Å². The fourth-order valence-electron chi connectivity index (χ4n) is 5.29. The fourth-order valence-corrected chi connectivity index (χ4v) is 5.29. The van der Waals surface area contributed by atoms with E-state index in [2.05, 4.69) is 43.5 Å². The van der Waals surface area contributed by atoms with Crippen molar-refractivity contribution in [2.75, 3.05) is 12.4 Å². The van der Waals surface area contributed by atoms with Gasteiger partial charge in [0.05, 0.1) is 24.5 Å². The Balaban J connectivity index is 1.51. The van der Waals surface area contributed by atoms with Crippen molar-refractivity contribution in [1.29, 1.82) is 0 Å². The zero-order valence-electron chi connectivity index (χ0n) is 24.0. The number of allylic oxidation sites excluding steroid dienone is 4. The molecule has 222 valence electrons. The highest BCUT2D eigenvalue weighted by molar-refractivity contribution is 6.02. The summed E-state index contributed by atoms with van der Waals surface area (Å²) in [6.07, 6.45) is 4.44. The molecule has 2 aliphatic heterocycles. The molecule has 2 heterocycles. The lowest BCUT2D eigenvalue weighted by Crippen LogP contribution is -2.32. The molecule has 2 N–H and O–H groups in total.